The summed E-state index contributed by atoms with van der Waals surface area (Å²) < 4.78 is 11.3. The molecule has 0 aromatic heterocycles. The third-order valence-electron chi connectivity index (χ3n) is 5.60. The number of anilines is 2. The summed E-state index contributed by atoms with van der Waals surface area (Å²) in [6.07, 6.45) is 3.00. The van der Waals surface area contributed by atoms with E-state index in [1.807, 2.05) is 43.3 Å². The minimum absolute atomic E-state index is 0.00346. The predicted octanol–water partition coefficient (Wildman–Crippen LogP) is 5.05. The molecule has 2 atom stereocenters. The number of fused-ring (bicyclic) bond motifs is 1. The van der Waals surface area contributed by atoms with Gasteiger partial charge in [0.2, 0.25) is 0 Å². The van der Waals surface area contributed by atoms with Crippen LogP contribution in [0.15, 0.2) is 48.5 Å². The van der Waals surface area contributed by atoms with Crippen LogP contribution in [0.5, 0.6) is 5.75 Å². The van der Waals surface area contributed by atoms with Gasteiger partial charge in [0, 0.05) is 11.8 Å². The van der Waals surface area contributed by atoms with Crippen molar-refractivity contribution in [2.24, 2.45) is 0 Å². The Labute approximate surface area is 170 Å². The molecule has 1 aliphatic heterocycles. The number of nitrogens with zero attached hydrogens (tertiary/aromatic N) is 1. The highest BCUT2D eigenvalue weighted by atomic mass is 16.6. The second-order valence-electron chi connectivity index (χ2n) is 7.67. The smallest absolute Gasteiger partial charge is 0.411 e. The molecule has 0 bridgehead atoms. The molecule has 29 heavy (non-hydrogen) atoms. The molecule has 1 saturated carbocycles. The van der Waals surface area contributed by atoms with Crippen LogP contribution >= 0.6 is 0 Å². The van der Waals surface area contributed by atoms with Crippen molar-refractivity contribution in [3.05, 3.63) is 54.1 Å². The first-order valence-corrected chi connectivity index (χ1v) is 10.2. The number of hydrogen-bond donors (Lipinski definition) is 1. The number of hydrogen-bond acceptors (Lipinski definition) is 4. The van der Waals surface area contributed by atoms with Crippen molar-refractivity contribution in [1.82, 2.24) is 0 Å². The summed E-state index contributed by atoms with van der Waals surface area (Å²) in [6.45, 7) is 3.74. The summed E-state index contributed by atoms with van der Waals surface area (Å²) >= 11 is 0. The molecule has 1 fully saturated rings. The summed E-state index contributed by atoms with van der Waals surface area (Å²) in [7, 11) is 0. The summed E-state index contributed by atoms with van der Waals surface area (Å²) in [5, 5.41) is 2.78. The Morgan fingerprint density at radius 3 is 2.62 bits per heavy atom. The van der Waals surface area contributed by atoms with Gasteiger partial charge in [0.15, 0.2) is 6.10 Å². The number of ether oxygens (including phenoxy) is 2. The van der Waals surface area contributed by atoms with Crippen LogP contribution in [0.3, 0.4) is 0 Å². The fourth-order valence-corrected chi connectivity index (χ4v) is 4.03. The van der Waals surface area contributed by atoms with Gasteiger partial charge in [-0.15, -0.1) is 0 Å². The highest BCUT2D eigenvalue weighted by molar-refractivity contribution is 6.01. The molecule has 6 nitrogen and oxygen atoms in total. The molecule has 4 rings (SSSR count). The lowest BCUT2D eigenvalue weighted by Gasteiger charge is -2.37. The fourth-order valence-electron chi connectivity index (χ4n) is 4.03. The molecule has 2 aliphatic rings. The van der Waals surface area contributed by atoms with Crippen LogP contribution in [0.4, 0.5) is 16.2 Å². The molecule has 2 aromatic carbocycles. The van der Waals surface area contributed by atoms with Gasteiger partial charge in [-0.05, 0) is 57.2 Å². The average molecular weight is 394 g/mol. The predicted molar refractivity (Wildman–Crippen MR) is 111 cm³/mol. The van der Waals surface area contributed by atoms with Crippen molar-refractivity contribution < 1.29 is 19.1 Å². The lowest BCUT2D eigenvalue weighted by atomic mass is 10.0. The van der Waals surface area contributed by atoms with Gasteiger partial charge >= 0.3 is 6.09 Å². The number of nitrogens with one attached hydrogen (secondary N) is 1. The first-order valence-electron chi connectivity index (χ1n) is 10.2. The minimum atomic E-state index is -0.602. The van der Waals surface area contributed by atoms with E-state index in [1.54, 1.807) is 24.0 Å². The van der Waals surface area contributed by atoms with Crippen molar-refractivity contribution in [3.63, 3.8) is 0 Å². The fraction of sp³-hybridized carbons (Fsp3) is 0.391. The third-order valence-corrected chi connectivity index (χ3v) is 5.60. The van der Waals surface area contributed by atoms with Crippen LogP contribution in [0.25, 0.3) is 0 Å². The quantitative estimate of drug-likeness (QED) is 0.788. The molecular formula is C23H26N2O4. The van der Waals surface area contributed by atoms with Crippen molar-refractivity contribution in [2.45, 2.75) is 57.8 Å². The van der Waals surface area contributed by atoms with Gasteiger partial charge < -0.3 is 9.47 Å². The molecule has 152 valence electrons. The number of carbonyl (C=O) groups excluding carboxylic acids is 2. The molecule has 6 heteroatoms. The van der Waals surface area contributed by atoms with Crippen LogP contribution in [0.1, 0.15) is 51.1 Å². The zero-order chi connectivity index (χ0) is 20.4. The topological polar surface area (TPSA) is 67.9 Å². The van der Waals surface area contributed by atoms with Gasteiger partial charge in [-0.3, -0.25) is 15.0 Å². The van der Waals surface area contributed by atoms with E-state index < -0.39 is 12.2 Å². The maximum atomic E-state index is 12.9. The molecule has 0 saturated heterocycles. The Morgan fingerprint density at radius 2 is 1.90 bits per heavy atom. The van der Waals surface area contributed by atoms with Crippen LogP contribution in [0.2, 0.25) is 0 Å². The highest BCUT2D eigenvalue weighted by Crippen LogP contribution is 2.40. The molecule has 0 spiro atoms. The first kappa shape index (κ1) is 19.3. The summed E-state index contributed by atoms with van der Waals surface area (Å²) in [6, 6.07) is 15.1. The number of amides is 2. The maximum absolute atomic E-state index is 12.9. The maximum Gasteiger partial charge on any atom is 0.411 e. The van der Waals surface area contributed by atoms with Crippen molar-refractivity contribution in [2.75, 3.05) is 10.2 Å². The van der Waals surface area contributed by atoms with E-state index in [1.165, 1.54) is 0 Å². The van der Waals surface area contributed by atoms with E-state index >= 15 is 0 Å². The third kappa shape index (κ3) is 4.06. The van der Waals surface area contributed by atoms with Crippen molar-refractivity contribution in [1.29, 1.82) is 0 Å². The Bertz CT molecular complexity index is 893. The second-order valence-corrected chi connectivity index (χ2v) is 7.67. The summed E-state index contributed by atoms with van der Waals surface area (Å²) in [5.41, 5.74) is 2.32. The van der Waals surface area contributed by atoms with E-state index in [-0.39, 0.29) is 18.1 Å². The van der Waals surface area contributed by atoms with E-state index in [4.69, 9.17) is 9.47 Å². The zero-order valence-electron chi connectivity index (χ0n) is 16.8. The molecular weight excluding hydrogens is 368 g/mol. The Balaban J connectivity index is 1.55. The first-order chi connectivity index (χ1) is 14.0. The Hall–Kier alpha value is -3.02. The van der Waals surface area contributed by atoms with E-state index in [0.717, 1.165) is 31.2 Å². The monoisotopic (exact) mass is 394 g/mol. The van der Waals surface area contributed by atoms with Gasteiger partial charge in [0.1, 0.15) is 11.9 Å². The second kappa shape index (κ2) is 8.15. The van der Waals surface area contributed by atoms with Crippen LogP contribution < -0.4 is 15.0 Å². The van der Waals surface area contributed by atoms with Crippen molar-refractivity contribution >= 4 is 23.4 Å². The van der Waals surface area contributed by atoms with Gasteiger partial charge in [-0.25, -0.2) is 4.79 Å². The Morgan fingerprint density at radius 1 is 1.17 bits per heavy atom. The van der Waals surface area contributed by atoms with Gasteiger partial charge in [-0.1, -0.05) is 30.3 Å². The average Bonchev–Trinajstić information content (AvgIpc) is 3.22. The zero-order valence-corrected chi connectivity index (χ0v) is 16.8. The molecule has 1 N–H and O–H groups in total. The molecule has 1 heterocycles. The van der Waals surface area contributed by atoms with Crippen LogP contribution in [0, 0.1) is 0 Å². The largest absolute Gasteiger partial charge is 0.479 e. The Kier molecular flexibility index (Phi) is 5.43. The van der Waals surface area contributed by atoms with Gasteiger partial charge in [0.05, 0.1) is 11.7 Å². The molecule has 1 aliphatic carbocycles. The summed E-state index contributed by atoms with van der Waals surface area (Å²) in [5.74, 6) is 0.480. The normalized spacial score (nSPS) is 20.0. The SMILES string of the molecule is C[C@H]1Oc2cc(NC(=O)OC3CCCC3)ccc2N([C@@H](C)c2ccccc2)C1=O. The minimum Gasteiger partial charge on any atom is -0.479 e. The van der Waals surface area contributed by atoms with Gasteiger partial charge in [0.25, 0.3) is 5.91 Å². The van der Waals surface area contributed by atoms with E-state index in [9.17, 15) is 9.59 Å². The molecule has 0 radical (unpaired) electrons. The number of carbonyl (C=O) groups is 2. The van der Waals surface area contributed by atoms with E-state index in [2.05, 4.69) is 5.32 Å². The molecule has 2 aromatic rings. The molecule has 0 unspecified atom stereocenters. The number of rotatable bonds is 4. The summed E-state index contributed by atoms with van der Waals surface area (Å²) in [4.78, 5) is 26.8. The standard InChI is InChI=1S/C23H26N2O4/c1-15(17-8-4-3-5-9-17)25-20-13-12-18(14-21(20)28-16(2)22(25)26)24-23(27)29-19-10-6-7-11-19/h3-5,8-9,12-16,19H,6-7,10-11H2,1-2H3,(H,24,27)/t15-,16+/m0/s1. The van der Waals surface area contributed by atoms with Crippen LogP contribution in [-0.2, 0) is 9.53 Å². The lowest BCUT2D eigenvalue weighted by molar-refractivity contribution is -0.126. The number of benzene rings is 2. The molecule has 2 amide bonds. The van der Waals surface area contributed by atoms with E-state index in [0.29, 0.717) is 17.1 Å². The lowest BCUT2D eigenvalue weighted by Crippen LogP contribution is -2.45. The van der Waals surface area contributed by atoms with Crippen molar-refractivity contribution in [3.8, 4) is 5.75 Å². The van der Waals surface area contributed by atoms with Gasteiger partial charge in [-0.2, -0.15) is 0 Å². The van der Waals surface area contributed by atoms with Crippen LogP contribution in [-0.4, -0.2) is 24.2 Å². The highest BCUT2D eigenvalue weighted by Gasteiger charge is 2.35.